The first-order chi connectivity index (χ1) is 12.0. The van der Waals surface area contributed by atoms with Gasteiger partial charge in [0, 0.05) is 5.56 Å². The maximum atomic E-state index is 13.0. The minimum absolute atomic E-state index is 0.297. The summed E-state index contributed by atoms with van der Waals surface area (Å²) in [5, 5.41) is 9.16. The van der Waals surface area contributed by atoms with Gasteiger partial charge in [-0.3, -0.25) is 0 Å². The monoisotopic (exact) mass is 346 g/mol. The summed E-state index contributed by atoms with van der Waals surface area (Å²) in [6, 6.07) is 7.78. The molecule has 6 heteroatoms. The van der Waals surface area contributed by atoms with Gasteiger partial charge in [0.25, 0.3) is 6.43 Å². The van der Waals surface area contributed by atoms with Crippen LogP contribution in [0.5, 0.6) is 0 Å². The molecule has 0 spiro atoms. The fourth-order valence-electron chi connectivity index (χ4n) is 3.47. The Bertz CT molecular complexity index is 770. The van der Waals surface area contributed by atoms with Crippen LogP contribution in [0.4, 0.5) is 8.78 Å². The Hall–Kier alpha value is -2.37. The van der Waals surface area contributed by atoms with Crippen LogP contribution in [0.2, 0.25) is 0 Å². The van der Waals surface area contributed by atoms with Crippen LogP contribution < -0.4 is 0 Å². The van der Waals surface area contributed by atoms with Gasteiger partial charge in [-0.05, 0) is 31.2 Å². The van der Waals surface area contributed by atoms with Gasteiger partial charge in [-0.2, -0.15) is 0 Å². The number of hydrogen-bond acceptors (Lipinski definition) is 3. The van der Waals surface area contributed by atoms with E-state index in [1.54, 1.807) is 6.92 Å². The van der Waals surface area contributed by atoms with Crippen LogP contribution >= 0.6 is 0 Å². The molecule has 0 saturated heterocycles. The molecule has 1 saturated carbocycles. The third-order valence-electron chi connectivity index (χ3n) is 4.77. The second-order valence-corrected chi connectivity index (χ2v) is 6.45. The van der Waals surface area contributed by atoms with E-state index in [0.717, 1.165) is 0 Å². The molecule has 1 aliphatic carbocycles. The number of benzene rings is 1. The van der Waals surface area contributed by atoms with Crippen LogP contribution in [-0.2, 0) is 0 Å². The minimum atomic E-state index is -2.97. The summed E-state index contributed by atoms with van der Waals surface area (Å²) in [5.41, 5.74) is 1.10. The van der Waals surface area contributed by atoms with Crippen molar-refractivity contribution in [2.24, 2.45) is 0 Å². The number of nitrogens with zero attached hydrogens (tertiary/aromatic N) is 2. The highest BCUT2D eigenvalue weighted by atomic mass is 19.3. The molecule has 1 heterocycles. The number of aryl methyl sites for hydroxylation is 1. The van der Waals surface area contributed by atoms with E-state index in [1.807, 2.05) is 24.3 Å². The highest BCUT2D eigenvalue weighted by Gasteiger charge is 2.24. The fourth-order valence-corrected chi connectivity index (χ4v) is 3.47. The van der Waals surface area contributed by atoms with E-state index in [0.29, 0.717) is 22.9 Å². The molecule has 0 radical (unpaired) electrons. The Balaban J connectivity index is 1.95. The molecule has 0 atom stereocenters. The first kappa shape index (κ1) is 17.5. The molecule has 0 amide bonds. The predicted molar refractivity (Wildman–Crippen MR) is 89.9 cm³/mol. The van der Waals surface area contributed by atoms with Crippen molar-refractivity contribution in [2.75, 3.05) is 0 Å². The van der Waals surface area contributed by atoms with E-state index in [2.05, 4.69) is 9.97 Å². The zero-order valence-corrected chi connectivity index (χ0v) is 14.0. The number of hydrogen-bond donors (Lipinski definition) is 1. The minimum Gasteiger partial charge on any atom is -0.476 e. The van der Waals surface area contributed by atoms with Gasteiger partial charge in [0.2, 0.25) is 0 Å². The van der Waals surface area contributed by atoms with Crippen molar-refractivity contribution >= 4 is 5.97 Å². The predicted octanol–water partition coefficient (Wildman–Crippen LogP) is 5.14. The molecular formula is C19H20F2N2O2. The fraction of sp³-hybridized carbons (Fsp3) is 0.421. The molecule has 0 aliphatic heterocycles. The third kappa shape index (κ3) is 3.67. The van der Waals surface area contributed by atoms with Gasteiger partial charge >= 0.3 is 5.97 Å². The highest BCUT2D eigenvalue weighted by molar-refractivity contribution is 5.87. The lowest BCUT2D eigenvalue weighted by Gasteiger charge is -2.22. The van der Waals surface area contributed by atoms with Crippen LogP contribution in [0.15, 0.2) is 24.3 Å². The zero-order chi connectivity index (χ0) is 18.0. The molecule has 0 bridgehead atoms. The van der Waals surface area contributed by atoms with Crippen LogP contribution in [-0.4, -0.2) is 21.0 Å². The van der Waals surface area contributed by atoms with E-state index in [4.69, 9.17) is 5.11 Å². The Morgan fingerprint density at radius 2 is 1.76 bits per heavy atom. The number of aromatic carboxylic acids is 1. The zero-order valence-electron chi connectivity index (χ0n) is 14.0. The Labute approximate surface area is 144 Å². The average molecular weight is 346 g/mol. The molecule has 1 fully saturated rings. The Morgan fingerprint density at radius 3 is 2.32 bits per heavy atom. The number of rotatable bonds is 4. The van der Waals surface area contributed by atoms with Crippen LogP contribution in [0.1, 0.15) is 71.9 Å². The summed E-state index contributed by atoms with van der Waals surface area (Å²) in [6.07, 6.45) is 3.18. The van der Waals surface area contributed by atoms with Gasteiger partial charge in [-0.1, -0.05) is 43.5 Å². The second kappa shape index (κ2) is 7.25. The second-order valence-electron chi connectivity index (χ2n) is 6.45. The lowest BCUT2D eigenvalue weighted by Crippen LogP contribution is -2.11. The van der Waals surface area contributed by atoms with Gasteiger partial charge in [0.15, 0.2) is 5.69 Å². The normalized spacial score (nSPS) is 15.5. The SMILES string of the molecule is Cc1nc(C(F)F)c(C(=O)O)nc1-c1ccc(C2CCCCC2)cc1. The van der Waals surface area contributed by atoms with Gasteiger partial charge in [0.1, 0.15) is 5.69 Å². The van der Waals surface area contributed by atoms with Crippen molar-refractivity contribution in [3.63, 3.8) is 0 Å². The van der Waals surface area contributed by atoms with Gasteiger partial charge in [0.05, 0.1) is 11.4 Å². The molecule has 1 aromatic heterocycles. The highest BCUT2D eigenvalue weighted by Crippen LogP contribution is 2.34. The molecular weight excluding hydrogens is 326 g/mol. The van der Waals surface area contributed by atoms with Gasteiger partial charge in [-0.15, -0.1) is 0 Å². The van der Waals surface area contributed by atoms with E-state index in [-0.39, 0.29) is 0 Å². The number of halogens is 2. The Morgan fingerprint density at radius 1 is 1.12 bits per heavy atom. The van der Waals surface area contributed by atoms with Gasteiger partial charge in [-0.25, -0.2) is 23.5 Å². The van der Waals surface area contributed by atoms with E-state index in [9.17, 15) is 13.6 Å². The number of carboxylic acids is 1. The molecule has 2 aromatic rings. The maximum absolute atomic E-state index is 13.0. The number of alkyl halides is 2. The lowest BCUT2D eigenvalue weighted by atomic mass is 9.84. The molecule has 132 valence electrons. The number of carbonyl (C=O) groups is 1. The third-order valence-corrected chi connectivity index (χ3v) is 4.77. The van der Waals surface area contributed by atoms with Crippen molar-refractivity contribution in [2.45, 2.75) is 51.4 Å². The van der Waals surface area contributed by atoms with Crippen molar-refractivity contribution in [1.82, 2.24) is 9.97 Å². The summed E-state index contributed by atoms with van der Waals surface area (Å²) in [6.45, 7) is 1.56. The summed E-state index contributed by atoms with van der Waals surface area (Å²) in [5.74, 6) is -0.936. The molecule has 25 heavy (non-hydrogen) atoms. The molecule has 3 rings (SSSR count). The maximum Gasteiger partial charge on any atom is 0.356 e. The van der Waals surface area contributed by atoms with Gasteiger partial charge < -0.3 is 5.11 Å². The summed E-state index contributed by atoms with van der Waals surface area (Å²) in [7, 11) is 0. The van der Waals surface area contributed by atoms with Crippen molar-refractivity contribution < 1.29 is 18.7 Å². The quantitative estimate of drug-likeness (QED) is 0.833. The number of carboxylic acid groups (broad SMARTS) is 1. The van der Waals surface area contributed by atoms with Crippen LogP contribution in [0.3, 0.4) is 0 Å². The van der Waals surface area contributed by atoms with E-state index >= 15 is 0 Å². The summed E-state index contributed by atoms with van der Waals surface area (Å²) >= 11 is 0. The van der Waals surface area contributed by atoms with Crippen molar-refractivity contribution in [3.8, 4) is 11.3 Å². The lowest BCUT2D eigenvalue weighted by molar-refractivity contribution is 0.0674. The average Bonchev–Trinajstić information content (AvgIpc) is 2.62. The summed E-state index contributed by atoms with van der Waals surface area (Å²) in [4.78, 5) is 19.0. The first-order valence-electron chi connectivity index (χ1n) is 8.47. The van der Waals surface area contributed by atoms with Crippen molar-refractivity contribution in [3.05, 3.63) is 46.9 Å². The molecule has 1 N–H and O–H groups in total. The van der Waals surface area contributed by atoms with Crippen molar-refractivity contribution in [1.29, 1.82) is 0 Å². The molecule has 0 unspecified atom stereocenters. The van der Waals surface area contributed by atoms with E-state index < -0.39 is 23.8 Å². The van der Waals surface area contributed by atoms with Crippen LogP contribution in [0, 0.1) is 6.92 Å². The summed E-state index contributed by atoms with van der Waals surface area (Å²) < 4.78 is 26.0. The first-order valence-corrected chi connectivity index (χ1v) is 8.47. The number of aromatic nitrogens is 2. The van der Waals surface area contributed by atoms with E-state index in [1.165, 1.54) is 37.7 Å². The molecule has 1 aromatic carbocycles. The largest absolute Gasteiger partial charge is 0.476 e. The standard InChI is InChI=1S/C19H20F2N2O2/c1-11-15(23-17(19(24)25)16(22-11)18(20)21)14-9-7-13(8-10-14)12-5-3-2-4-6-12/h7-10,12,18H,2-6H2,1H3,(H,24,25). The topological polar surface area (TPSA) is 63.1 Å². The Kier molecular flexibility index (Phi) is 5.06. The molecule has 4 nitrogen and oxygen atoms in total. The van der Waals surface area contributed by atoms with Crippen LogP contribution in [0.25, 0.3) is 11.3 Å². The molecule has 1 aliphatic rings. The smallest absolute Gasteiger partial charge is 0.356 e.